The van der Waals surface area contributed by atoms with Gasteiger partial charge in [-0.3, -0.25) is 0 Å². The van der Waals surface area contributed by atoms with Gasteiger partial charge in [0.05, 0.1) is 17.8 Å². The third kappa shape index (κ3) is 3.99. The summed E-state index contributed by atoms with van der Waals surface area (Å²) in [5.41, 5.74) is 2.39. The predicted molar refractivity (Wildman–Crippen MR) is 104 cm³/mol. The molecule has 1 aliphatic carbocycles. The van der Waals surface area contributed by atoms with Crippen LogP contribution < -0.4 is 4.74 Å². The molecule has 6 nitrogen and oxygen atoms in total. The van der Waals surface area contributed by atoms with Gasteiger partial charge in [-0.05, 0) is 42.7 Å². The van der Waals surface area contributed by atoms with Crippen LogP contribution in [-0.4, -0.2) is 20.1 Å². The van der Waals surface area contributed by atoms with Crippen LogP contribution in [0.25, 0.3) is 0 Å². The van der Waals surface area contributed by atoms with Crippen molar-refractivity contribution < 1.29 is 9.84 Å². The molecule has 0 atom stereocenters. The third-order valence-corrected chi connectivity index (χ3v) is 5.18. The first-order valence-electron chi connectivity index (χ1n) is 9.62. The Morgan fingerprint density at radius 3 is 2.71 bits per heavy atom. The van der Waals surface area contributed by atoms with Crippen LogP contribution in [0.3, 0.4) is 0 Å². The lowest BCUT2D eigenvalue weighted by atomic mass is 9.87. The maximum absolute atomic E-state index is 10.4. The summed E-state index contributed by atoms with van der Waals surface area (Å²) in [6.07, 6.45) is 8.24. The van der Waals surface area contributed by atoms with E-state index in [0.29, 0.717) is 29.5 Å². The monoisotopic (exact) mass is 374 g/mol. The fourth-order valence-corrected chi connectivity index (χ4v) is 3.68. The molecule has 2 aromatic carbocycles. The highest BCUT2D eigenvalue weighted by atomic mass is 16.5. The van der Waals surface area contributed by atoms with Crippen molar-refractivity contribution in [2.24, 2.45) is 0 Å². The van der Waals surface area contributed by atoms with Crippen molar-refractivity contribution in [3.63, 3.8) is 0 Å². The number of aromatic nitrogens is 3. The summed E-state index contributed by atoms with van der Waals surface area (Å²) in [6.45, 7) is 0.530. The van der Waals surface area contributed by atoms with Gasteiger partial charge in [0.1, 0.15) is 11.8 Å². The second-order valence-corrected chi connectivity index (χ2v) is 7.19. The van der Waals surface area contributed by atoms with Gasteiger partial charge >= 0.3 is 0 Å². The molecule has 28 heavy (non-hydrogen) atoms. The Kier molecular flexibility index (Phi) is 5.24. The van der Waals surface area contributed by atoms with Gasteiger partial charge in [0.15, 0.2) is 11.5 Å². The standard InChI is InChI=1S/C22H22N4O2/c23-13-18-8-4-5-9-21(18)28-22-11-10-16(12-20(22)27)14-26-15-19(24-25-26)17-6-2-1-3-7-17/h4-5,8-12,15,17,27H,1-3,6-7,14H2. The number of ether oxygens (including phenoxy) is 1. The molecule has 1 aromatic heterocycles. The Morgan fingerprint density at radius 2 is 1.93 bits per heavy atom. The van der Waals surface area contributed by atoms with Crippen LogP contribution in [0.1, 0.15) is 54.8 Å². The second-order valence-electron chi connectivity index (χ2n) is 7.19. The van der Waals surface area contributed by atoms with Crippen molar-refractivity contribution in [1.29, 1.82) is 5.26 Å². The molecule has 1 aliphatic rings. The fraction of sp³-hybridized carbons (Fsp3) is 0.318. The summed E-state index contributed by atoms with van der Waals surface area (Å²) in [6, 6.07) is 14.3. The lowest BCUT2D eigenvalue weighted by Gasteiger charge is -2.18. The van der Waals surface area contributed by atoms with Crippen molar-refractivity contribution in [3.8, 4) is 23.3 Å². The van der Waals surface area contributed by atoms with Crippen LogP contribution >= 0.6 is 0 Å². The van der Waals surface area contributed by atoms with Crippen LogP contribution in [0, 0.1) is 11.3 Å². The number of nitrogens with zero attached hydrogens (tertiary/aromatic N) is 4. The van der Waals surface area contributed by atoms with Crippen molar-refractivity contribution >= 4 is 0 Å². The molecule has 0 saturated heterocycles. The Labute approximate surface area is 164 Å². The molecule has 1 heterocycles. The van der Waals surface area contributed by atoms with Crippen molar-refractivity contribution in [1.82, 2.24) is 15.0 Å². The number of nitriles is 1. The second kappa shape index (κ2) is 8.13. The van der Waals surface area contributed by atoms with Gasteiger partial charge in [-0.25, -0.2) is 4.68 Å². The van der Waals surface area contributed by atoms with E-state index in [1.165, 1.54) is 32.1 Å². The summed E-state index contributed by atoms with van der Waals surface area (Å²) in [5.74, 6) is 1.28. The quantitative estimate of drug-likeness (QED) is 0.697. The molecule has 3 aromatic rings. The Bertz CT molecular complexity index is 1000. The molecule has 0 radical (unpaired) electrons. The molecule has 0 aliphatic heterocycles. The van der Waals surface area contributed by atoms with Gasteiger partial charge in [0.25, 0.3) is 0 Å². The first-order valence-corrected chi connectivity index (χ1v) is 9.62. The highest BCUT2D eigenvalue weighted by Gasteiger charge is 2.18. The summed E-state index contributed by atoms with van der Waals surface area (Å²) in [7, 11) is 0. The molecule has 1 N–H and O–H groups in total. The van der Waals surface area contributed by atoms with E-state index in [-0.39, 0.29) is 5.75 Å². The van der Waals surface area contributed by atoms with Crippen LogP contribution in [0.4, 0.5) is 0 Å². The minimum absolute atomic E-state index is 0.0258. The maximum atomic E-state index is 10.4. The zero-order chi connectivity index (χ0) is 19.3. The number of hydrogen-bond donors (Lipinski definition) is 1. The molecule has 0 bridgehead atoms. The first-order chi connectivity index (χ1) is 13.7. The topological polar surface area (TPSA) is 84.0 Å². The summed E-state index contributed by atoms with van der Waals surface area (Å²) in [5, 5.41) is 28.1. The van der Waals surface area contributed by atoms with Crippen molar-refractivity contribution in [3.05, 3.63) is 65.5 Å². The number of hydrogen-bond acceptors (Lipinski definition) is 5. The van der Waals surface area contributed by atoms with E-state index in [0.717, 1.165) is 11.3 Å². The normalized spacial score (nSPS) is 14.5. The van der Waals surface area contributed by atoms with Gasteiger partial charge in [-0.15, -0.1) is 5.10 Å². The fourth-order valence-electron chi connectivity index (χ4n) is 3.68. The molecule has 4 rings (SSSR count). The lowest BCUT2D eigenvalue weighted by Crippen LogP contribution is -2.04. The van der Waals surface area contributed by atoms with E-state index in [2.05, 4.69) is 16.4 Å². The third-order valence-electron chi connectivity index (χ3n) is 5.18. The smallest absolute Gasteiger partial charge is 0.169 e. The van der Waals surface area contributed by atoms with Crippen LogP contribution in [0.5, 0.6) is 17.2 Å². The van der Waals surface area contributed by atoms with Crippen LogP contribution in [0.2, 0.25) is 0 Å². The number of benzene rings is 2. The number of para-hydroxylation sites is 1. The van der Waals surface area contributed by atoms with Crippen LogP contribution in [0.15, 0.2) is 48.7 Å². The van der Waals surface area contributed by atoms with E-state index in [1.54, 1.807) is 36.4 Å². The van der Waals surface area contributed by atoms with Gasteiger partial charge < -0.3 is 9.84 Å². The SMILES string of the molecule is N#Cc1ccccc1Oc1ccc(Cn2cc(C3CCCCC3)nn2)cc1O. The molecule has 6 heteroatoms. The Morgan fingerprint density at radius 1 is 1.11 bits per heavy atom. The lowest BCUT2D eigenvalue weighted by molar-refractivity contribution is 0.409. The number of phenols is 1. The molecule has 1 fully saturated rings. The number of aromatic hydroxyl groups is 1. The van der Waals surface area contributed by atoms with E-state index in [4.69, 9.17) is 10.00 Å². The maximum Gasteiger partial charge on any atom is 0.169 e. The molecule has 0 unspecified atom stereocenters. The largest absolute Gasteiger partial charge is 0.504 e. The average molecular weight is 374 g/mol. The number of rotatable bonds is 5. The van der Waals surface area contributed by atoms with Crippen molar-refractivity contribution in [2.75, 3.05) is 0 Å². The molecule has 142 valence electrons. The van der Waals surface area contributed by atoms with Crippen LogP contribution in [-0.2, 0) is 6.54 Å². The summed E-state index contributed by atoms with van der Waals surface area (Å²) in [4.78, 5) is 0. The highest BCUT2D eigenvalue weighted by Crippen LogP contribution is 2.33. The van der Waals surface area contributed by atoms with E-state index >= 15 is 0 Å². The van der Waals surface area contributed by atoms with Gasteiger partial charge in [0.2, 0.25) is 0 Å². The highest BCUT2D eigenvalue weighted by molar-refractivity contribution is 5.49. The average Bonchev–Trinajstić information content (AvgIpc) is 3.19. The predicted octanol–water partition coefficient (Wildman–Crippen LogP) is 4.74. The molecule has 1 saturated carbocycles. The van der Waals surface area contributed by atoms with Gasteiger partial charge in [-0.1, -0.05) is 42.7 Å². The minimum atomic E-state index is 0.0258. The first kappa shape index (κ1) is 18.1. The summed E-state index contributed by atoms with van der Waals surface area (Å²) >= 11 is 0. The molecule has 0 spiro atoms. The molecule has 0 amide bonds. The van der Waals surface area contributed by atoms with E-state index in [9.17, 15) is 5.11 Å². The van der Waals surface area contributed by atoms with E-state index in [1.807, 2.05) is 16.9 Å². The van der Waals surface area contributed by atoms with Gasteiger partial charge in [-0.2, -0.15) is 5.26 Å². The van der Waals surface area contributed by atoms with Crippen molar-refractivity contribution in [2.45, 2.75) is 44.6 Å². The Balaban J connectivity index is 1.46. The minimum Gasteiger partial charge on any atom is -0.504 e. The zero-order valence-corrected chi connectivity index (χ0v) is 15.6. The number of phenolic OH excluding ortho intramolecular Hbond substituents is 1. The van der Waals surface area contributed by atoms with E-state index < -0.39 is 0 Å². The molecular weight excluding hydrogens is 352 g/mol. The Hall–Kier alpha value is -3.33. The van der Waals surface area contributed by atoms with Gasteiger partial charge in [0, 0.05) is 12.1 Å². The summed E-state index contributed by atoms with van der Waals surface area (Å²) < 4.78 is 7.52. The molecular formula is C22H22N4O2. The zero-order valence-electron chi connectivity index (χ0n) is 15.6.